The first-order valence-corrected chi connectivity index (χ1v) is 6.25. The first kappa shape index (κ1) is 14.9. The third kappa shape index (κ3) is 5.01. The number of hydrogen-bond donors (Lipinski definition) is 2. The van der Waals surface area contributed by atoms with Crippen molar-refractivity contribution in [1.29, 1.82) is 0 Å². The largest absolute Gasteiger partial charge is 0.480 e. The second-order valence-electron chi connectivity index (χ2n) is 5.23. The second kappa shape index (κ2) is 6.70. The monoisotopic (exact) mass is 257 g/mol. The van der Waals surface area contributed by atoms with Crippen LogP contribution in [0.2, 0.25) is 0 Å². The van der Waals surface area contributed by atoms with E-state index >= 15 is 0 Å². The number of carbonyl (C=O) groups excluding carboxylic acids is 1. The highest BCUT2D eigenvalue weighted by Gasteiger charge is 2.24. The highest BCUT2D eigenvalue weighted by molar-refractivity contribution is 5.82. The maximum atomic E-state index is 11.0. The smallest absolute Gasteiger partial charge is 0.327 e. The lowest BCUT2D eigenvalue weighted by molar-refractivity contribution is -0.142. The van der Waals surface area contributed by atoms with Crippen LogP contribution in [0.15, 0.2) is 0 Å². The second-order valence-corrected chi connectivity index (χ2v) is 5.23. The summed E-state index contributed by atoms with van der Waals surface area (Å²) in [6.07, 6.45) is 1.15. The Balaban J connectivity index is 2.38. The summed E-state index contributed by atoms with van der Waals surface area (Å²) in [6, 6.07) is -0.827. The lowest BCUT2D eigenvalue weighted by Gasteiger charge is -2.24. The Morgan fingerprint density at radius 1 is 1.56 bits per heavy atom. The van der Waals surface area contributed by atoms with E-state index in [-0.39, 0.29) is 5.91 Å². The highest BCUT2D eigenvalue weighted by atomic mass is 16.4. The van der Waals surface area contributed by atoms with Gasteiger partial charge in [0.2, 0.25) is 5.91 Å². The third-order valence-electron chi connectivity index (χ3n) is 3.23. The number of carboxylic acids is 1. The molecule has 1 heterocycles. The zero-order chi connectivity index (χ0) is 13.7. The molecule has 2 atom stereocenters. The standard InChI is InChI=1S/C12H23N3O3/c1-9(16)13-11(12(17)18)8-15(3)7-10-4-5-14(2)6-10/h10-11H,4-8H2,1-3H3,(H,13,16)(H,17,18). The summed E-state index contributed by atoms with van der Waals surface area (Å²) in [6.45, 7) is 4.71. The molecule has 0 aromatic rings. The van der Waals surface area contributed by atoms with Gasteiger partial charge >= 0.3 is 5.97 Å². The van der Waals surface area contributed by atoms with Crippen molar-refractivity contribution in [2.45, 2.75) is 19.4 Å². The number of carbonyl (C=O) groups is 2. The van der Waals surface area contributed by atoms with Gasteiger partial charge in [-0.25, -0.2) is 4.79 Å². The maximum Gasteiger partial charge on any atom is 0.327 e. The fourth-order valence-corrected chi connectivity index (χ4v) is 2.43. The Labute approximate surface area is 108 Å². The van der Waals surface area contributed by atoms with Crippen LogP contribution in [0.25, 0.3) is 0 Å². The quantitative estimate of drug-likeness (QED) is 0.668. The molecule has 2 N–H and O–H groups in total. The SMILES string of the molecule is CC(=O)NC(CN(C)CC1CCN(C)C1)C(=O)O. The molecule has 1 fully saturated rings. The summed E-state index contributed by atoms with van der Waals surface area (Å²) in [5.74, 6) is -0.705. The van der Waals surface area contributed by atoms with Crippen LogP contribution in [0.3, 0.4) is 0 Å². The number of likely N-dealkylation sites (tertiary alicyclic amines) is 1. The highest BCUT2D eigenvalue weighted by Crippen LogP contribution is 2.15. The van der Waals surface area contributed by atoms with Crippen LogP contribution < -0.4 is 5.32 Å². The van der Waals surface area contributed by atoms with E-state index in [2.05, 4.69) is 17.3 Å². The summed E-state index contributed by atoms with van der Waals surface area (Å²) in [4.78, 5) is 26.2. The van der Waals surface area contributed by atoms with Gasteiger partial charge in [-0.05, 0) is 33.0 Å². The Morgan fingerprint density at radius 2 is 2.22 bits per heavy atom. The minimum atomic E-state index is -0.986. The van der Waals surface area contributed by atoms with E-state index in [9.17, 15) is 9.59 Å². The van der Waals surface area contributed by atoms with Crippen LogP contribution in [0.1, 0.15) is 13.3 Å². The molecule has 1 saturated heterocycles. The number of nitrogens with one attached hydrogen (secondary N) is 1. The van der Waals surface area contributed by atoms with Crippen molar-refractivity contribution in [2.24, 2.45) is 5.92 Å². The van der Waals surface area contributed by atoms with Gasteiger partial charge in [0.15, 0.2) is 0 Å². The Hall–Kier alpha value is -1.14. The van der Waals surface area contributed by atoms with Gasteiger partial charge in [-0.15, -0.1) is 0 Å². The van der Waals surface area contributed by atoms with Crippen LogP contribution in [0.5, 0.6) is 0 Å². The lowest BCUT2D eigenvalue weighted by atomic mass is 10.1. The van der Waals surface area contributed by atoms with Gasteiger partial charge < -0.3 is 20.2 Å². The van der Waals surface area contributed by atoms with Gasteiger partial charge in [-0.1, -0.05) is 0 Å². The van der Waals surface area contributed by atoms with Crippen molar-refractivity contribution in [3.63, 3.8) is 0 Å². The molecule has 104 valence electrons. The van der Waals surface area contributed by atoms with Gasteiger partial charge in [0.05, 0.1) is 0 Å². The van der Waals surface area contributed by atoms with Crippen molar-refractivity contribution >= 4 is 11.9 Å². The molecular formula is C12H23N3O3. The van der Waals surface area contributed by atoms with Gasteiger partial charge in [-0.2, -0.15) is 0 Å². The molecule has 1 aliphatic rings. The van der Waals surface area contributed by atoms with Gasteiger partial charge in [0.25, 0.3) is 0 Å². The summed E-state index contributed by atoms with van der Waals surface area (Å²) in [5.41, 5.74) is 0. The van der Waals surface area contributed by atoms with Crippen molar-refractivity contribution < 1.29 is 14.7 Å². The summed E-state index contributed by atoms with van der Waals surface area (Å²) >= 11 is 0. The fraction of sp³-hybridized carbons (Fsp3) is 0.833. The molecular weight excluding hydrogens is 234 g/mol. The normalized spacial score (nSPS) is 22.1. The van der Waals surface area contributed by atoms with Crippen LogP contribution in [-0.4, -0.2) is 73.1 Å². The number of hydrogen-bond acceptors (Lipinski definition) is 4. The lowest BCUT2D eigenvalue weighted by Crippen LogP contribution is -2.47. The Kier molecular flexibility index (Phi) is 5.55. The number of amides is 1. The predicted molar refractivity (Wildman–Crippen MR) is 68.3 cm³/mol. The molecule has 6 heteroatoms. The fourth-order valence-electron chi connectivity index (χ4n) is 2.43. The van der Waals surface area contributed by atoms with E-state index in [4.69, 9.17) is 5.11 Å². The van der Waals surface area contributed by atoms with Crippen molar-refractivity contribution in [1.82, 2.24) is 15.1 Å². The minimum Gasteiger partial charge on any atom is -0.480 e. The minimum absolute atomic E-state index is 0.309. The summed E-state index contributed by atoms with van der Waals surface area (Å²) in [7, 11) is 3.99. The summed E-state index contributed by atoms with van der Waals surface area (Å²) in [5, 5.41) is 11.5. The maximum absolute atomic E-state index is 11.0. The van der Waals surface area contributed by atoms with E-state index in [1.54, 1.807) is 0 Å². The summed E-state index contributed by atoms with van der Waals surface area (Å²) < 4.78 is 0. The molecule has 0 bridgehead atoms. The number of aliphatic carboxylic acids is 1. The van der Waals surface area contributed by atoms with E-state index < -0.39 is 12.0 Å². The van der Waals surface area contributed by atoms with Gasteiger partial charge in [0, 0.05) is 26.6 Å². The van der Waals surface area contributed by atoms with E-state index in [1.807, 2.05) is 11.9 Å². The topological polar surface area (TPSA) is 72.9 Å². The van der Waals surface area contributed by atoms with Crippen LogP contribution in [0, 0.1) is 5.92 Å². The average Bonchev–Trinajstić information content (AvgIpc) is 2.62. The van der Waals surface area contributed by atoms with Crippen LogP contribution in [0.4, 0.5) is 0 Å². The van der Waals surface area contributed by atoms with Gasteiger partial charge in [-0.3, -0.25) is 4.79 Å². The Morgan fingerprint density at radius 3 is 2.67 bits per heavy atom. The average molecular weight is 257 g/mol. The van der Waals surface area contributed by atoms with Crippen molar-refractivity contribution in [3.8, 4) is 0 Å². The van der Waals surface area contributed by atoms with Crippen LogP contribution >= 0.6 is 0 Å². The third-order valence-corrected chi connectivity index (χ3v) is 3.23. The first-order chi connectivity index (χ1) is 8.38. The molecule has 0 aliphatic carbocycles. The number of carboxylic acid groups (broad SMARTS) is 1. The van der Waals surface area contributed by atoms with E-state index in [0.717, 1.165) is 26.1 Å². The predicted octanol–water partition coefficient (Wildman–Crippen LogP) is -0.541. The molecule has 0 saturated carbocycles. The molecule has 0 aromatic heterocycles. The zero-order valence-corrected chi connectivity index (χ0v) is 11.3. The zero-order valence-electron chi connectivity index (χ0n) is 11.3. The van der Waals surface area contributed by atoms with E-state index in [0.29, 0.717) is 12.5 Å². The molecule has 1 amide bonds. The molecule has 18 heavy (non-hydrogen) atoms. The van der Waals surface area contributed by atoms with Crippen molar-refractivity contribution in [2.75, 3.05) is 40.3 Å². The molecule has 6 nitrogen and oxygen atoms in total. The molecule has 0 spiro atoms. The Bertz CT molecular complexity index is 309. The van der Waals surface area contributed by atoms with Crippen molar-refractivity contribution in [3.05, 3.63) is 0 Å². The number of likely N-dealkylation sites (N-methyl/N-ethyl adjacent to an activating group) is 1. The molecule has 2 unspecified atom stereocenters. The molecule has 0 radical (unpaired) electrons. The van der Waals surface area contributed by atoms with Crippen LogP contribution in [-0.2, 0) is 9.59 Å². The first-order valence-electron chi connectivity index (χ1n) is 6.25. The molecule has 0 aromatic carbocycles. The number of rotatable bonds is 6. The molecule has 1 rings (SSSR count). The van der Waals surface area contributed by atoms with E-state index in [1.165, 1.54) is 6.92 Å². The van der Waals surface area contributed by atoms with Gasteiger partial charge in [0.1, 0.15) is 6.04 Å². The molecule has 1 aliphatic heterocycles. The number of nitrogens with zero attached hydrogens (tertiary/aromatic N) is 2.